The molecule has 0 saturated carbocycles. The minimum atomic E-state index is -3.78. The number of aryl methyl sites for hydroxylation is 3. The topological polar surface area (TPSA) is 69.2 Å². The Morgan fingerprint density at radius 1 is 1.04 bits per heavy atom. The summed E-state index contributed by atoms with van der Waals surface area (Å²) in [5.41, 5.74) is 3.00. The van der Waals surface area contributed by atoms with Gasteiger partial charge in [-0.15, -0.1) is 0 Å². The highest BCUT2D eigenvalue weighted by Crippen LogP contribution is 2.27. The number of hydrogen-bond donors (Lipinski definition) is 0. The van der Waals surface area contributed by atoms with E-state index in [1.165, 1.54) is 0 Å². The third-order valence-electron chi connectivity index (χ3n) is 3.71. The van der Waals surface area contributed by atoms with Gasteiger partial charge in [0.05, 0.1) is 22.9 Å². The van der Waals surface area contributed by atoms with Crippen molar-refractivity contribution in [3.05, 3.63) is 52.8 Å². The molecule has 2 rings (SSSR count). The fourth-order valence-electron chi connectivity index (χ4n) is 2.31. The van der Waals surface area contributed by atoms with Gasteiger partial charge < -0.3 is 0 Å². The normalized spacial score (nSPS) is 12.4. The highest BCUT2D eigenvalue weighted by Gasteiger charge is 2.27. The van der Waals surface area contributed by atoms with E-state index in [0.717, 1.165) is 22.5 Å². The fraction of sp³-hybridized carbons (Fsp3) is 0.412. The Morgan fingerprint density at radius 2 is 1.65 bits per heavy atom. The molecule has 0 bridgehead atoms. The molecule has 0 amide bonds. The molecule has 5 nitrogen and oxygen atoms in total. The lowest BCUT2D eigenvalue weighted by Gasteiger charge is -2.26. The first-order chi connectivity index (χ1) is 10.6. The molecule has 0 N–H and O–H groups in total. The molecular formula is C17H22N2O3S. The van der Waals surface area contributed by atoms with Crippen molar-refractivity contribution in [1.29, 1.82) is 0 Å². The number of rotatable bonds is 5. The Bertz CT molecular complexity index is 797. The highest BCUT2D eigenvalue weighted by atomic mass is 32.2. The van der Waals surface area contributed by atoms with E-state index in [2.05, 4.69) is 10.2 Å². The van der Waals surface area contributed by atoms with Crippen molar-refractivity contribution in [2.75, 3.05) is 6.61 Å². The Labute approximate surface area is 137 Å². The van der Waals surface area contributed by atoms with Gasteiger partial charge in [0.1, 0.15) is 0 Å². The molecule has 1 aromatic heterocycles. The van der Waals surface area contributed by atoms with Crippen molar-refractivity contribution in [3.8, 4) is 0 Å². The summed E-state index contributed by atoms with van der Waals surface area (Å²) in [5.74, 6) is 0. The van der Waals surface area contributed by atoms with Gasteiger partial charge in [-0.05, 0) is 44.5 Å². The molecule has 124 valence electrons. The number of benzene rings is 1. The van der Waals surface area contributed by atoms with Crippen LogP contribution in [0.1, 0.15) is 36.4 Å². The lowest BCUT2D eigenvalue weighted by Crippen LogP contribution is -2.28. The SMILES string of the molecule is Cc1ccc(S(=O)(=O)OCC(C)(C)c2cc(C)nnc2C)cc1. The standard InChI is InChI=1S/C17H22N2O3S/c1-12-6-8-15(9-7-12)23(20,21)22-11-17(4,5)16-10-13(2)18-19-14(16)3/h6-10H,11H2,1-5H3. The van der Waals surface area contributed by atoms with E-state index in [-0.39, 0.29) is 11.5 Å². The lowest BCUT2D eigenvalue weighted by molar-refractivity contribution is 0.244. The molecule has 0 spiro atoms. The first kappa shape index (κ1) is 17.6. The Hall–Kier alpha value is -1.79. The van der Waals surface area contributed by atoms with Crippen LogP contribution in [0.4, 0.5) is 0 Å². The molecule has 0 aliphatic heterocycles. The minimum absolute atomic E-state index is 0.0369. The van der Waals surface area contributed by atoms with Gasteiger partial charge in [-0.25, -0.2) is 0 Å². The van der Waals surface area contributed by atoms with E-state index in [4.69, 9.17) is 4.18 Å². The second kappa shape index (κ2) is 6.37. The smallest absolute Gasteiger partial charge is 0.265 e. The zero-order valence-electron chi connectivity index (χ0n) is 14.1. The second-order valence-corrected chi connectivity index (χ2v) is 8.01. The van der Waals surface area contributed by atoms with E-state index in [1.807, 2.05) is 40.7 Å². The van der Waals surface area contributed by atoms with Crippen LogP contribution < -0.4 is 0 Å². The van der Waals surface area contributed by atoms with Gasteiger partial charge in [-0.2, -0.15) is 18.6 Å². The molecule has 2 aromatic rings. The van der Waals surface area contributed by atoms with E-state index < -0.39 is 15.5 Å². The quantitative estimate of drug-likeness (QED) is 0.786. The highest BCUT2D eigenvalue weighted by molar-refractivity contribution is 7.86. The van der Waals surface area contributed by atoms with E-state index in [1.54, 1.807) is 24.3 Å². The Kier molecular flexibility index (Phi) is 4.87. The van der Waals surface area contributed by atoms with Gasteiger partial charge >= 0.3 is 0 Å². The minimum Gasteiger partial charge on any atom is -0.265 e. The summed E-state index contributed by atoms with van der Waals surface area (Å²) in [7, 11) is -3.78. The van der Waals surface area contributed by atoms with Crippen LogP contribution >= 0.6 is 0 Å². The van der Waals surface area contributed by atoms with Crippen LogP contribution in [-0.2, 0) is 19.7 Å². The summed E-state index contributed by atoms with van der Waals surface area (Å²) in [6.45, 7) is 9.52. The predicted molar refractivity (Wildman–Crippen MR) is 88.8 cm³/mol. The van der Waals surface area contributed by atoms with Gasteiger partial charge in [0.2, 0.25) is 0 Å². The maximum atomic E-state index is 12.3. The molecule has 0 atom stereocenters. The second-order valence-electron chi connectivity index (χ2n) is 6.40. The number of aromatic nitrogens is 2. The zero-order valence-corrected chi connectivity index (χ0v) is 14.9. The molecule has 0 radical (unpaired) electrons. The summed E-state index contributed by atoms with van der Waals surface area (Å²) in [6, 6.07) is 8.54. The van der Waals surface area contributed by atoms with E-state index in [9.17, 15) is 8.42 Å². The van der Waals surface area contributed by atoms with Gasteiger partial charge in [0, 0.05) is 5.41 Å². The van der Waals surface area contributed by atoms with Gasteiger partial charge in [-0.3, -0.25) is 4.18 Å². The van der Waals surface area contributed by atoms with Crippen LogP contribution in [0, 0.1) is 20.8 Å². The Morgan fingerprint density at radius 3 is 2.26 bits per heavy atom. The fourth-order valence-corrected chi connectivity index (χ4v) is 3.37. The third-order valence-corrected chi connectivity index (χ3v) is 4.99. The average molecular weight is 334 g/mol. The summed E-state index contributed by atoms with van der Waals surface area (Å²) in [5, 5.41) is 8.11. The summed E-state index contributed by atoms with van der Waals surface area (Å²) in [6.07, 6.45) is 0. The zero-order chi connectivity index (χ0) is 17.3. The Balaban J connectivity index is 2.21. The van der Waals surface area contributed by atoms with Crippen molar-refractivity contribution in [2.24, 2.45) is 0 Å². The van der Waals surface area contributed by atoms with Crippen molar-refractivity contribution in [3.63, 3.8) is 0 Å². The van der Waals surface area contributed by atoms with Gasteiger partial charge in [0.25, 0.3) is 10.1 Å². The van der Waals surface area contributed by atoms with Crippen molar-refractivity contribution < 1.29 is 12.6 Å². The van der Waals surface area contributed by atoms with Gasteiger partial charge in [0.15, 0.2) is 0 Å². The molecule has 1 aromatic carbocycles. The summed E-state index contributed by atoms with van der Waals surface area (Å²) in [4.78, 5) is 0.166. The maximum absolute atomic E-state index is 12.3. The average Bonchev–Trinajstić information content (AvgIpc) is 2.48. The van der Waals surface area contributed by atoms with E-state index in [0.29, 0.717) is 0 Å². The molecule has 23 heavy (non-hydrogen) atoms. The molecule has 0 unspecified atom stereocenters. The molecule has 0 fully saturated rings. The molecule has 0 saturated heterocycles. The maximum Gasteiger partial charge on any atom is 0.297 e. The van der Waals surface area contributed by atoms with Crippen LogP contribution in [-0.4, -0.2) is 25.2 Å². The third kappa shape index (κ3) is 4.14. The van der Waals surface area contributed by atoms with Crippen LogP contribution in [0.2, 0.25) is 0 Å². The van der Waals surface area contributed by atoms with Gasteiger partial charge in [-0.1, -0.05) is 31.5 Å². The van der Waals surface area contributed by atoms with Crippen LogP contribution in [0.3, 0.4) is 0 Å². The molecule has 0 aliphatic rings. The van der Waals surface area contributed by atoms with E-state index >= 15 is 0 Å². The van der Waals surface area contributed by atoms with Crippen molar-refractivity contribution in [1.82, 2.24) is 10.2 Å². The summed E-state index contributed by atoms with van der Waals surface area (Å²) < 4.78 is 29.9. The van der Waals surface area contributed by atoms with Crippen molar-refractivity contribution in [2.45, 2.75) is 44.9 Å². The first-order valence-electron chi connectivity index (χ1n) is 7.39. The molecule has 0 aliphatic carbocycles. The summed E-state index contributed by atoms with van der Waals surface area (Å²) >= 11 is 0. The lowest BCUT2D eigenvalue weighted by atomic mass is 9.84. The number of nitrogens with zero attached hydrogens (tertiary/aromatic N) is 2. The largest absolute Gasteiger partial charge is 0.297 e. The predicted octanol–water partition coefficient (Wildman–Crippen LogP) is 3.08. The first-order valence-corrected chi connectivity index (χ1v) is 8.80. The van der Waals surface area contributed by atoms with Crippen LogP contribution in [0.15, 0.2) is 35.2 Å². The number of hydrogen-bond acceptors (Lipinski definition) is 5. The molecular weight excluding hydrogens is 312 g/mol. The van der Waals surface area contributed by atoms with Crippen molar-refractivity contribution >= 4 is 10.1 Å². The van der Waals surface area contributed by atoms with Crippen LogP contribution in [0.5, 0.6) is 0 Å². The monoisotopic (exact) mass is 334 g/mol. The van der Waals surface area contributed by atoms with Crippen LogP contribution in [0.25, 0.3) is 0 Å². The molecule has 1 heterocycles. The molecule has 6 heteroatoms.